The molecule has 2 unspecified atom stereocenters. The van der Waals surface area contributed by atoms with Crippen molar-refractivity contribution >= 4 is 17.8 Å². The summed E-state index contributed by atoms with van der Waals surface area (Å²) in [4.78, 5) is 37.5. The summed E-state index contributed by atoms with van der Waals surface area (Å²) < 4.78 is 0. The van der Waals surface area contributed by atoms with Gasteiger partial charge >= 0.3 is 5.97 Å². The van der Waals surface area contributed by atoms with Crippen LogP contribution in [0.25, 0.3) is 0 Å². The van der Waals surface area contributed by atoms with E-state index in [1.165, 1.54) is 4.90 Å². The first-order chi connectivity index (χ1) is 8.52. The molecule has 1 N–H and O–H groups in total. The van der Waals surface area contributed by atoms with Gasteiger partial charge in [0.2, 0.25) is 11.8 Å². The van der Waals surface area contributed by atoms with Gasteiger partial charge in [0.25, 0.3) is 0 Å². The quantitative estimate of drug-likeness (QED) is 0.711. The summed E-state index contributed by atoms with van der Waals surface area (Å²) in [6, 6.07) is -0.365. The molecule has 18 heavy (non-hydrogen) atoms. The third-order valence-electron chi connectivity index (χ3n) is 3.76. The fraction of sp³-hybridized carbons (Fsp3) is 0.750. The van der Waals surface area contributed by atoms with Crippen LogP contribution in [0.3, 0.4) is 0 Å². The standard InChI is InChI=1S/C12H18N2O4/c1-2-14-10(15)6-9(12(14)18)13-4-3-8(7-13)5-11(16)17/h8-9H,2-7H2,1H3,(H,16,17). The Hall–Kier alpha value is -1.43. The molecule has 0 radical (unpaired) electrons. The van der Waals surface area contributed by atoms with Crippen molar-refractivity contribution in [3.63, 3.8) is 0 Å². The third kappa shape index (κ3) is 2.38. The number of carbonyl (C=O) groups excluding carboxylic acids is 2. The molecule has 0 aromatic carbocycles. The van der Waals surface area contributed by atoms with Crippen LogP contribution < -0.4 is 0 Å². The van der Waals surface area contributed by atoms with Crippen LogP contribution in [0, 0.1) is 5.92 Å². The molecule has 0 aromatic rings. The first-order valence-electron chi connectivity index (χ1n) is 6.33. The van der Waals surface area contributed by atoms with Crippen LogP contribution in [0.2, 0.25) is 0 Å². The summed E-state index contributed by atoms with van der Waals surface area (Å²) >= 11 is 0. The minimum atomic E-state index is -0.800. The van der Waals surface area contributed by atoms with E-state index in [1.54, 1.807) is 6.92 Å². The molecule has 0 spiro atoms. The molecule has 0 aliphatic carbocycles. The van der Waals surface area contributed by atoms with Crippen molar-refractivity contribution in [2.75, 3.05) is 19.6 Å². The summed E-state index contributed by atoms with van der Waals surface area (Å²) in [6.45, 7) is 3.52. The maximum atomic E-state index is 12.0. The monoisotopic (exact) mass is 254 g/mol. The molecule has 6 heteroatoms. The van der Waals surface area contributed by atoms with Gasteiger partial charge in [-0.05, 0) is 25.8 Å². The van der Waals surface area contributed by atoms with E-state index in [0.29, 0.717) is 19.6 Å². The van der Waals surface area contributed by atoms with Gasteiger partial charge in [0.1, 0.15) is 0 Å². The van der Waals surface area contributed by atoms with Crippen molar-refractivity contribution in [2.24, 2.45) is 5.92 Å². The lowest BCUT2D eigenvalue weighted by Crippen LogP contribution is -2.40. The van der Waals surface area contributed by atoms with E-state index in [1.807, 2.05) is 4.90 Å². The van der Waals surface area contributed by atoms with E-state index in [9.17, 15) is 14.4 Å². The molecule has 0 bridgehead atoms. The molecule has 2 amide bonds. The fourth-order valence-electron chi connectivity index (χ4n) is 2.84. The molecule has 2 atom stereocenters. The molecule has 0 saturated carbocycles. The Kier molecular flexibility index (Phi) is 3.65. The molecule has 2 rings (SSSR count). The van der Waals surface area contributed by atoms with Gasteiger partial charge in [-0.15, -0.1) is 0 Å². The topological polar surface area (TPSA) is 77.9 Å². The highest BCUT2D eigenvalue weighted by atomic mass is 16.4. The molecule has 6 nitrogen and oxygen atoms in total. The van der Waals surface area contributed by atoms with Crippen molar-refractivity contribution in [2.45, 2.75) is 32.2 Å². The highest BCUT2D eigenvalue weighted by molar-refractivity contribution is 6.05. The number of nitrogens with zero attached hydrogens (tertiary/aromatic N) is 2. The highest BCUT2D eigenvalue weighted by Crippen LogP contribution is 2.26. The lowest BCUT2D eigenvalue weighted by molar-refractivity contribution is -0.139. The molecule has 2 fully saturated rings. The van der Waals surface area contributed by atoms with Crippen LogP contribution in [0.5, 0.6) is 0 Å². The number of likely N-dealkylation sites (N-methyl/N-ethyl adjacent to an activating group) is 1. The lowest BCUT2D eigenvalue weighted by Gasteiger charge is -2.21. The largest absolute Gasteiger partial charge is 0.481 e. The van der Waals surface area contributed by atoms with Crippen molar-refractivity contribution < 1.29 is 19.5 Å². The molecule has 2 heterocycles. The summed E-state index contributed by atoms with van der Waals surface area (Å²) in [7, 11) is 0. The van der Waals surface area contributed by atoms with Crippen molar-refractivity contribution in [3.05, 3.63) is 0 Å². The number of aliphatic carboxylic acids is 1. The molecule has 2 aliphatic heterocycles. The molecule has 2 saturated heterocycles. The van der Waals surface area contributed by atoms with Gasteiger partial charge in [0, 0.05) is 19.5 Å². The number of carboxylic acid groups (broad SMARTS) is 1. The van der Waals surface area contributed by atoms with Crippen LogP contribution in [0.1, 0.15) is 26.2 Å². The van der Waals surface area contributed by atoms with E-state index in [4.69, 9.17) is 5.11 Å². The van der Waals surface area contributed by atoms with Gasteiger partial charge in [-0.25, -0.2) is 0 Å². The number of rotatable bonds is 4. The van der Waals surface area contributed by atoms with E-state index < -0.39 is 5.97 Å². The lowest BCUT2D eigenvalue weighted by atomic mass is 10.1. The predicted molar refractivity (Wildman–Crippen MR) is 62.7 cm³/mol. The second-order valence-electron chi connectivity index (χ2n) is 4.94. The van der Waals surface area contributed by atoms with Gasteiger partial charge in [-0.3, -0.25) is 24.2 Å². The van der Waals surface area contributed by atoms with E-state index in [-0.39, 0.29) is 36.6 Å². The number of carboxylic acids is 1. The first kappa shape index (κ1) is 13.0. The maximum absolute atomic E-state index is 12.0. The molecule has 100 valence electrons. The average Bonchev–Trinajstić information content (AvgIpc) is 2.83. The molecule has 2 aliphatic rings. The molecule has 0 aromatic heterocycles. The Morgan fingerprint density at radius 1 is 1.44 bits per heavy atom. The van der Waals surface area contributed by atoms with Crippen LogP contribution in [-0.2, 0) is 14.4 Å². The first-order valence-corrected chi connectivity index (χ1v) is 6.33. The number of imide groups is 1. The average molecular weight is 254 g/mol. The van der Waals surface area contributed by atoms with E-state index in [2.05, 4.69) is 0 Å². The summed E-state index contributed by atoms with van der Waals surface area (Å²) in [5.41, 5.74) is 0. The van der Waals surface area contributed by atoms with Gasteiger partial charge in [-0.2, -0.15) is 0 Å². The van der Waals surface area contributed by atoms with Gasteiger partial charge in [-0.1, -0.05) is 0 Å². The SMILES string of the molecule is CCN1C(=O)CC(N2CCC(CC(=O)O)C2)C1=O. The summed E-state index contributed by atoms with van der Waals surface area (Å²) in [5, 5.41) is 8.75. The minimum Gasteiger partial charge on any atom is -0.481 e. The number of hydrogen-bond donors (Lipinski definition) is 1. The van der Waals surface area contributed by atoms with Crippen molar-refractivity contribution in [1.82, 2.24) is 9.80 Å². The minimum absolute atomic E-state index is 0.0982. The summed E-state index contributed by atoms with van der Waals surface area (Å²) in [5.74, 6) is -0.945. The van der Waals surface area contributed by atoms with Gasteiger partial charge < -0.3 is 5.11 Å². The Morgan fingerprint density at radius 2 is 2.17 bits per heavy atom. The van der Waals surface area contributed by atoms with Crippen LogP contribution in [-0.4, -0.2) is 58.4 Å². The fourth-order valence-corrected chi connectivity index (χ4v) is 2.84. The Labute approximate surface area is 106 Å². The maximum Gasteiger partial charge on any atom is 0.303 e. The van der Waals surface area contributed by atoms with Crippen molar-refractivity contribution in [1.29, 1.82) is 0 Å². The third-order valence-corrected chi connectivity index (χ3v) is 3.76. The number of hydrogen-bond acceptors (Lipinski definition) is 4. The zero-order valence-electron chi connectivity index (χ0n) is 10.5. The smallest absolute Gasteiger partial charge is 0.303 e. The Bertz CT molecular complexity index is 382. The highest BCUT2D eigenvalue weighted by Gasteiger charge is 2.43. The van der Waals surface area contributed by atoms with Gasteiger partial charge in [0.05, 0.1) is 12.5 Å². The summed E-state index contributed by atoms with van der Waals surface area (Å²) in [6.07, 6.45) is 1.17. The second-order valence-corrected chi connectivity index (χ2v) is 4.94. The van der Waals surface area contributed by atoms with Crippen LogP contribution in [0.15, 0.2) is 0 Å². The Morgan fingerprint density at radius 3 is 2.72 bits per heavy atom. The second kappa shape index (κ2) is 5.06. The zero-order chi connectivity index (χ0) is 13.3. The number of carbonyl (C=O) groups is 3. The van der Waals surface area contributed by atoms with Crippen LogP contribution >= 0.6 is 0 Å². The zero-order valence-corrected chi connectivity index (χ0v) is 10.5. The van der Waals surface area contributed by atoms with E-state index >= 15 is 0 Å². The normalized spacial score (nSPS) is 29.3. The van der Waals surface area contributed by atoms with E-state index in [0.717, 1.165) is 6.42 Å². The number of likely N-dealkylation sites (tertiary alicyclic amines) is 2. The number of amides is 2. The Balaban J connectivity index is 1.96. The molecular formula is C12H18N2O4. The van der Waals surface area contributed by atoms with Crippen molar-refractivity contribution in [3.8, 4) is 0 Å². The molecular weight excluding hydrogens is 236 g/mol. The predicted octanol–water partition coefficient (Wildman–Crippen LogP) is -0.0696. The van der Waals surface area contributed by atoms with Gasteiger partial charge in [0.15, 0.2) is 0 Å². The van der Waals surface area contributed by atoms with Crippen LogP contribution in [0.4, 0.5) is 0 Å².